The fraction of sp³-hybridized carbons (Fsp3) is 0.200. The number of hydrogen-bond acceptors (Lipinski definition) is 2. The van der Waals surface area contributed by atoms with Crippen LogP contribution in [0.1, 0.15) is 17.2 Å². The van der Waals surface area contributed by atoms with Gasteiger partial charge in [-0.05, 0) is 18.2 Å². The van der Waals surface area contributed by atoms with Crippen LogP contribution in [-0.2, 0) is 6.42 Å². The summed E-state index contributed by atoms with van der Waals surface area (Å²) in [7, 11) is 1.53. The van der Waals surface area contributed by atoms with Crippen LogP contribution in [-0.4, -0.2) is 12.2 Å². The highest BCUT2D eigenvalue weighted by atomic mass is 35.5. The van der Waals surface area contributed by atoms with Crippen LogP contribution in [0.15, 0.2) is 42.5 Å². The first-order valence-corrected chi connectivity index (χ1v) is 6.25. The molecule has 0 radical (unpaired) electrons. The molecule has 0 bridgehead atoms. The quantitative estimate of drug-likeness (QED) is 0.924. The Bertz CT molecular complexity index is 552. The van der Waals surface area contributed by atoms with E-state index in [-0.39, 0.29) is 6.42 Å². The fourth-order valence-electron chi connectivity index (χ4n) is 1.97. The van der Waals surface area contributed by atoms with Gasteiger partial charge in [0.2, 0.25) is 0 Å². The first-order chi connectivity index (χ1) is 9.13. The maximum Gasteiger partial charge on any atom is 0.127 e. The molecule has 2 rings (SSSR count). The summed E-state index contributed by atoms with van der Waals surface area (Å²) in [6.07, 6.45) is -0.767. The molecular formula is C15H14ClFO2. The molecule has 100 valence electrons. The number of aliphatic hydroxyl groups is 1. The molecule has 1 unspecified atom stereocenters. The summed E-state index contributed by atoms with van der Waals surface area (Å²) in [4.78, 5) is 0. The van der Waals surface area contributed by atoms with Crippen molar-refractivity contribution in [3.63, 3.8) is 0 Å². The third kappa shape index (κ3) is 3.06. The van der Waals surface area contributed by atoms with Gasteiger partial charge < -0.3 is 9.84 Å². The van der Waals surface area contributed by atoms with Crippen molar-refractivity contribution in [3.8, 4) is 5.75 Å². The van der Waals surface area contributed by atoms with Crippen LogP contribution >= 0.6 is 11.6 Å². The smallest absolute Gasteiger partial charge is 0.127 e. The van der Waals surface area contributed by atoms with Crippen molar-refractivity contribution in [2.24, 2.45) is 0 Å². The van der Waals surface area contributed by atoms with Crippen molar-refractivity contribution < 1.29 is 14.2 Å². The normalized spacial score (nSPS) is 12.2. The van der Waals surface area contributed by atoms with Crippen LogP contribution in [0, 0.1) is 5.82 Å². The molecule has 2 nitrogen and oxygen atoms in total. The average Bonchev–Trinajstić information content (AvgIpc) is 2.42. The van der Waals surface area contributed by atoms with E-state index in [1.54, 1.807) is 24.3 Å². The molecule has 0 aliphatic heterocycles. The lowest BCUT2D eigenvalue weighted by Crippen LogP contribution is -2.06. The van der Waals surface area contributed by atoms with Gasteiger partial charge in [0.05, 0.1) is 13.2 Å². The summed E-state index contributed by atoms with van der Waals surface area (Å²) in [6, 6.07) is 11.6. The monoisotopic (exact) mass is 280 g/mol. The maximum absolute atomic E-state index is 13.7. The van der Waals surface area contributed by atoms with Crippen molar-refractivity contribution in [2.45, 2.75) is 12.5 Å². The second-order valence-electron chi connectivity index (χ2n) is 4.16. The number of benzene rings is 2. The summed E-state index contributed by atoms with van der Waals surface area (Å²) in [5.74, 6) is 0.156. The molecule has 2 aromatic rings. The first-order valence-electron chi connectivity index (χ1n) is 5.87. The highest BCUT2D eigenvalue weighted by Crippen LogP contribution is 2.30. The van der Waals surface area contributed by atoms with E-state index in [0.717, 1.165) is 0 Å². The van der Waals surface area contributed by atoms with Gasteiger partial charge in [-0.15, -0.1) is 0 Å². The van der Waals surface area contributed by atoms with Gasteiger partial charge in [-0.1, -0.05) is 35.9 Å². The molecule has 0 heterocycles. The van der Waals surface area contributed by atoms with Gasteiger partial charge in [-0.2, -0.15) is 0 Å². The van der Waals surface area contributed by atoms with Gasteiger partial charge in [0, 0.05) is 22.6 Å². The maximum atomic E-state index is 13.7. The van der Waals surface area contributed by atoms with Gasteiger partial charge in [-0.25, -0.2) is 4.39 Å². The predicted octanol–water partition coefficient (Wildman–Crippen LogP) is 3.76. The van der Waals surface area contributed by atoms with Crippen molar-refractivity contribution in [1.82, 2.24) is 0 Å². The number of halogens is 2. The summed E-state index contributed by atoms with van der Waals surface area (Å²) >= 11 is 5.95. The number of rotatable bonds is 4. The van der Waals surface area contributed by atoms with Gasteiger partial charge >= 0.3 is 0 Å². The van der Waals surface area contributed by atoms with Crippen molar-refractivity contribution in [2.75, 3.05) is 7.11 Å². The van der Waals surface area contributed by atoms with Gasteiger partial charge in [0.1, 0.15) is 11.6 Å². The van der Waals surface area contributed by atoms with Crippen LogP contribution in [0.3, 0.4) is 0 Å². The molecule has 0 aromatic heterocycles. The van der Waals surface area contributed by atoms with Crippen molar-refractivity contribution in [3.05, 3.63) is 64.4 Å². The Kier molecular flexibility index (Phi) is 4.40. The average molecular weight is 281 g/mol. The van der Waals surface area contributed by atoms with Crippen LogP contribution in [0.5, 0.6) is 5.75 Å². The fourth-order valence-corrected chi connectivity index (χ4v) is 2.21. The second kappa shape index (κ2) is 6.04. The molecule has 2 aromatic carbocycles. The molecule has 0 saturated heterocycles. The topological polar surface area (TPSA) is 29.5 Å². The van der Waals surface area contributed by atoms with Crippen LogP contribution in [0.4, 0.5) is 4.39 Å². The molecule has 4 heteroatoms. The Hall–Kier alpha value is -1.58. The molecular weight excluding hydrogens is 267 g/mol. The first kappa shape index (κ1) is 13.8. The Morgan fingerprint density at radius 2 is 1.95 bits per heavy atom. The van der Waals surface area contributed by atoms with E-state index in [1.165, 1.54) is 19.2 Å². The Balaban J connectivity index is 2.28. The minimum Gasteiger partial charge on any atom is -0.496 e. The standard InChI is InChI=1S/C15H14ClFO2/c1-19-15-8-3-2-5-10(15)14(18)9-11-12(16)6-4-7-13(11)17/h2-8,14,18H,9H2,1H3. The number of methoxy groups -OCH3 is 1. The molecule has 0 saturated carbocycles. The zero-order chi connectivity index (χ0) is 13.8. The molecule has 0 aliphatic carbocycles. The van der Waals surface area contributed by atoms with Gasteiger partial charge in [0.25, 0.3) is 0 Å². The summed E-state index contributed by atoms with van der Waals surface area (Å²) in [5, 5.41) is 10.5. The minimum atomic E-state index is -0.870. The Labute approximate surface area is 116 Å². The number of ether oxygens (including phenoxy) is 1. The predicted molar refractivity (Wildman–Crippen MR) is 73.1 cm³/mol. The number of hydrogen-bond donors (Lipinski definition) is 1. The summed E-state index contributed by atoms with van der Waals surface area (Å²) in [6.45, 7) is 0. The van der Waals surface area contributed by atoms with E-state index in [4.69, 9.17) is 16.3 Å². The number of aliphatic hydroxyl groups excluding tert-OH is 1. The molecule has 0 amide bonds. The van der Waals surface area contributed by atoms with E-state index in [1.807, 2.05) is 6.07 Å². The van der Waals surface area contributed by atoms with Crippen LogP contribution in [0.25, 0.3) is 0 Å². The number of para-hydroxylation sites is 1. The lowest BCUT2D eigenvalue weighted by atomic mass is 10.0. The second-order valence-corrected chi connectivity index (χ2v) is 4.57. The summed E-state index contributed by atoms with van der Waals surface area (Å²) in [5.41, 5.74) is 0.923. The molecule has 1 atom stereocenters. The van der Waals surface area contributed by atoms with Gasteiger partial charge in [-0.3, -0.25) is 0 Å². The van der Waals surface area contributed by atoms with E-state index in [9.17, 15) is 9.50 Å². The summed E-state index contributed by atoms with van der Waals surface area (Å²) < 4.78 is 18.9. The zero-order valence-electron chi connectivity index (χ0n) is 10.4. The third-order valence-electron chi connectivity index (χ3n) is 2.96. The molecule has 0 spiro atoms. The third-order valence-corrected chi connectivity index (χ3v) is 3.31. The largest absolute Gasteiger partial charge is 0.496 e. The van der Waals surface area contributed by atoms with Crippen molar-refractivity contribution >= 4 is 11.6 Å². The molecule has 19 heavy (non-hydrogen) atoms. The van der Waals surface area contributed by atoms with Gasteiger partial charge in [0.15, 0.2) is 0 Å². The highest BCUT2D eigenvalue weighted by Gasteiger charge is 2.17. The van der Waals surface area contributed by atoms with Crippen molar-refractivity contribution in [1.29, 1.82) is 0 Å². The molecule has 0 aliphatic rings. The Morgan fingerprint density at radius 3 is 2.63 bits per heavy atom. The Morgan fingerprint density at radius 1 is 1.21 bits per heavy atom. The van der Waals surface area contributed by atoms with Crippen LogP contribution < -0.4 is 4.74 Å². The van der Waals surface area contributed by atoms with E-state index < -0.39 is 11.9 Å². The van der Waals surface area contributed by atoms with E-state index in [0.29, 0.717) is 21.9 Å². The van der Waals surface area contributed by atoms with Crippen LogP contribution in [0.2, 0.25) is 5.02 Å². The highest BCUT2D eigenvalue weighted by molar-refractivity contribution is 6.31. The lowest BCUT2D eigenvalue weighted by Gasteiger charge is -2.15. The lowest BCUT2D eigenvalue weighted by molar-refractivity contribution is 0.173. The molecule has 0 fully saturated rings. The SMILES string of the molecule is COc1ccccc1C(O)Cc1c(F)cccc1Cl. The zero-order valence-corrected chi connectivity index (χ0v) is 11.2. The minimum absolute atomic E-state index is 0.103. The van der Waals surface area contributed by atoms with E-state index in [2.05, 4.69) is 0 Å². The molecule has 1 N–H and O–H groups in total. The van der Waals surface area contributed by atoms with E-state index >= 15 is 0 Å².